The lowest BCUT2D eigenvalue weighted by atomic mass is 10.3. The molecular weight excluding hydrogens is 461 g/mol. The zero-order valence-electron chi connectivity index (χ0n) is 14.8. The van der Waals surface area contributed by atoms with Gasteiger partial charge in [-0.2, -0.15) is 0 Å². The van der Waals surface area contributed by atoms with E-state index in [0.717, 1.165) is 3.57 Å². The largest absolute Gasteiger partial charge is 0.497 e. The molecule has 2 aromatic carbocycles. The third-order valence-corrected chi connectivity index (χ3v) is 4.03. The summed E-state index contributed by atoms with van der Waals surface area (Å²) in [4.78, 5) is 23.7. The quantitative estimate of drug-likeness (QED) is 0.379. The monoisotopic (exact) mass is 481 g/mol. The van der Waals surface area contributed by atoms with Crippen molar-refractivity contribution in [1.29, 1.82) is 0 Å². The number of carbonyl (C=O) groups excluding carboxylic acids is 2. The van der Waals surface area contributed by atoms with Crippen LogP contribution in [0.5, 0.6) is 11.5 Å². The molecule has 0 aromatic heterocycles. The van der Waals surface area contributed by atoms with Crippen LogP contribution in [0.15, 0.2) is 60.8 Å². The summed E-state index contributed by atoms with van der Waals surface area (Å²) in [7, 11) is 1.57. The molecule has 0 saturated heterocycles. The summed E-state index contributed by atoms with van der Waals surface area (Å²) in [5, 5.41) is 2.75. The highest BCUT2D eigenvalue weighted by molar-refractivity contribution is 14.1. The predicted molar refractivity (Wildman–Crippen MR) is 111 cm³/mol. The van der Waals surface area contributed by atoms with Gasteiger partial charge in [-0.05, 0) is 71.1 Å². The van der Waals surface area contributed by atoms with Crippen molar-refractivity contribution in [2.45, 2.75) is 6.42 Å². The van der Waals surface area contributed by atoms with Gasteiger partial charge in [0.25, 0.3) is 5.91 Å². The molecular formula is C19H20IN3O4. The number of rotatable bonds is 9. The second-order valence-electron chi connectivity index (χ2n) is 5.47. The fourth-order valence-corrected chi connectivity index (χ4v) is 2.35. The number of amides is 2. The molecule has 0 radical (unpaired) electrons. The molecule has 0 unspecified atom stereocenters. The standard InChI is InChI=1S/C19H20IN3O4/c1-13(11-18(24)21-15-5-3-14(20)4-6-15)22-23-19(25)12-27-17-9-7-16(26-2)8-10-17/h3-10,22H,1,11-12H2,2H3,(H,21,24)(H,23,25). The first-order valence-corrected chi connectivity index (χ1v) is 9.09. The van der Waals surface area contributed by atoms with E-state index in [0.29, 0.717) is 22.9 Å². The summed E-state index contributed by atoms with van der Waals surface area (Å²) >= 11 is 2.19. The Kier molecular flexibility index (Phi) is 7.93. The topological polar surface area (TPSA) is 88.7 Å². The smallest absolute Gasteiger partial charge is 0.276 e. The van der Waals surface area contributed by atoms with Crippen LogP contribution in [0.25, 0.3) is 0 Å². The summed E-state index contributed by atoms with van der Waals surface area (Å²) in [6.07, 6.45) is 0.0194. The maximum absolute atomic E-state index is 12.0. The van der Waals surface area contributed by atoms with Gasteiger partial charge in [0.15, 0.2) is 6.61 Å². The Labute approximate surface area is 171 Å². The lowest BCUT2D eigenvalue weighted by molar-refractivity contribution is -0.124. The fraction of sp³-hybridized carbons (Fsp3) is 0.158. The van der Waals surface area contributed by atoms with Crippen LogP contribution in [0.1, 0.15) is 6.42 Å². The first kappa shape index (κ1) is 20.6. The van der Waals surface area contributed by atoms with Crippen molar-refractivity contribution in [2.24, 2.45) is 0 Å². The number of carbonyl (C=O) groups is 2. The molecule has 7 nitrogen and oxygen atoms in total. The molecule has 0 aliphatic rings. The molecule has 2 aromatic rings. The Balaban J connectivity index is 1.67. The van der Waals surface area contributed by atoms with Crippen molar-refractivity contribution in [3.63, 3.8) is 0 Å². The minimum absolute atomic E-state index is 0.0194. The number of ether oxygens (including phenoxy) is 2. The summed E-state index contributed by atoms with van der Waals surface area (Å²) in [5.41, 5.74) is 6.10. The van der Waals surface area contributed by atoms with Gasteiger partial charge < -0.3 is 20.2 Å². The van der Waals surface area contributed by atoms with E-state index >= 15 is 0 Å². The maximum atomic E-state index is 12.0. The van der Waals surface area contributed by atoms with Crippen LogP contribution in [0, 0.1) is 3.57 Å². The first-order chi connectivity index (χ1) is 13.0. The molecule has 0 heterocycles. The number of hydrogen-bond donors (Lipinski definition) is 3. The second-order valence-corrected chi connectivity index (χ2v) is 6.72. The highest BCUT2D eigenvalue weighted by Gasteiger charge is 2.07. The van der Waals surface area contributed by atoms with E-state index in [1.807, 2.05) is 24.3 Å². The lowest BCUT2D eigenvalue weighted by Crippen LogP contribution is -2.40. The van der Waals surface area contributed by atoms with Gasteiger partial charge in [0.2, 0.25) is 5.91 Å². The first-order valence-electron chi connectivity index (χ1n) is 8.01. The normalized spacial score (nSPS) is 9.85. The number of hydrogen-bond acceptors (Lipinski definition) is 5. The molecule has 27 heavy (non-hydrogen) atoms. The van der Waals surface area contributed by atoms with Crippen molar-refractivity contribution < 1.29 is 19.1 Å². The average molecular weight is 481 g/mol. The number of anilines is 1. The van der Waals surface area contributed by atoms with Gasteiger partial charge in [-0.15, -0.1) is 0 Å². The molecule has 0 aliphatic heterocycles. The Morgan fingerprint density at radius 2 is 1.59 bits per heavy atom. The van der Waals surface area contributed by atoms with Crippen molar-refractivity contribution in [3.8, 4) is 11.5 Å². The molecule has 0 fully saturated rings. The molecule has 0 saturated carbocycles. The van der Waals surface area contributed by atoms with E-state index in [9.17, 15) is 9.59 Å². The molecule has 3 N–H and O–H groups in total. The molecule has 0 bridgehead atoms. The number of benzene rings is 2. The maximum Gasteiger partial charge on any atom is 0.276 e. The third-order valence-electron chi connectivity index (χ3n) is 3.31. The van der Waals surface area contributed by atoms with Gasteiger partial charge in [0.05, 0.1) is 13.5 Å². The minimum atomic E-state index is -0.398. The SMILES string of the molecule is C=C(CC(=O)Nc1ccc(I)cc1)NNC(=O)COc1ccc(OC)cc1. The number of hydrazine groups is 1. The van der Waals surface area contributed by atoms with Gasteiger partial charge >= 0.3 is 0 Å². The summed E-state index contributed by atoms with van der Waals surface area (Å²) in [6.45, 7) is 3.54. The molecule has 8 heteroatoms. The van der Waals surface area contributed by atoms with Crippen LogP contribution in [-0.4, -0.2) is 25.5 Å². The molecule has 0 atom stereocenters. The van der Waals surface area contributed by atoms with Gasteiger partial charge in [-0.1, -0.05) is 6.58 Å². The van der Waals surface area contributed by atoms with Crippen LogP contribution in [0.4, 0.5) is 5.69 Å². The van der Waals surface area contributed by atoms with Crippen molar-refractivity contribution in [3.05, 3.63) is 64.4 Å². The minimum Gasteiger partial charge on any atom is -0.497 e. The van der Waals surface area contributed by atoms with Crippen LogP contribution in [0.2, 0.25) is 0 Å². The zero-order chi connectivity index (χ0) is 19.6. The summed E-state index contributed by atoms with van der Waals surface area (Å²) < 4.78 is 11.5. The van der Waals surface area contributed by atoms with Crippen LogP contribution >= 0.6 is 22.6 Å². The number of halogens is 1. The van der Waals surface area contributed by atoms with Crippen LogP contribution < -0.4 is 25.6 Å². The summed E-state index contributed by atoms with van der Waals surface area (Å²) in [6, 6.07) is 14.3. The molecule has 0 aliphatic carbocycles. The van der Waals surface area contributed by atoms with Crippen molar-refractivity contribution in [2.75, 3.05) is 19.0 Å². The van der Waals surface area contributed by atoms with E-state index in [-0.39, 0.29) is 18.9 Å². The van der Waals surface area contributed by atoms with Gasteiger partial charge in [0.1, 0.15) is 11.5 Å². The van der Waals surface area contributed by atoms with E-state index in [1.165, 1.54) is 0 Å². The van der Waals surface area contributed by atoms with Gasteiger partial charge in [-0.3, -0.25) is 15.0 Å². The molecule has 0 spiro atoms. The van der Waals surface area contributed by atoms with Crippen molar-refractivity contribution in [1.82, 2.24) is 10.9 Å². The molecule has 142 valence electrons. The lowest BCUT2D eigenvalue weighted by Gasteiger charge is -2.12. The number of nitrogens with one attached hydrogen (secondary N) is 3. The summed E-state index contributed by atoms with van der Waals surface area (Å²) in [5.74, 6) is 0.609. The zero-order valence-corrected chi connectivity index (χ0v) is 16.9. The van der Waals surface area contributed by atoms with Crippen LogP contribution in [-0.2, 0) is 9.59 Å². The average Bonchev–Trinajstić information content (AvgIpc) is 2.67. The molecule has 2 amide bonds. The van der Waals surface area contributed by atoms with Gasteiger partial charge in [-0.25, -0.2) is 0 Å². The highest BCUT2D eigenvalue weighted by atomic mass is 127. The Bertz CT molecular complexity index is 792. The van der Waals surface area contributed by atoms with E-state index in [2.05, 4.69) is 45.3 Å². The van der Waals surface area contributed by atoms with Gasteiger partial charge in [0, 0.05) is 15.0 Å². The van der Waals surface area contributed by atoms with E-state index in [1.54, 1.807) is 31.4 Å². The Morgan fingerprint density at radius 1 is 0.963 bits per heavy atom. The van der Waals surface area contributed by atoms with E-state index in [4.69, 9.17) is 9.47 Å². The van der Waals surface area contributed by atoms with E-state index < -0.39 is 5.91 Å². The van der Waals surface area contributed by atoms with Crippen LogP contribution in [0.3, 0.4) is 0 Å². The third kappa shape index (κ3) is 7.57. The fourth-order valence-electron chi connectivity index (χ4n) is 1.99. The Hall–Kier alpha value is -2.75. The highest BCUT2D eigenvalue weighted by Crippen LogP contribution is 2.16. The molecule has 2 rings (SSSR count). The predicted octanol–water partition coefficient (Wildman–Crippen LogP) is 2.84. The number of methoxy groups -OCH3 is 1. The second kappa shape index (κ2) is 10.4. The van der Waals surface area contributed by atoms with Crippen molar-refractivity contribution >= 4 is 40.1 Å². The Morgan fingerprint density at radius 3 is 2.22 bits per heavy atom.